The lowest BCUT2D eigenvalue weighted by Crippen LogP contribution is -2.37. The topological polar surface area (TPSA) is 29.3 Å². The van der Waals surface area contributed by atoms with Crippen LogP contribution in [0.1, 0.15) is 12.5 Å². The average Bonchev–Trinajstić information content (AvgIpc) is 2.25. The predicted octanol–water partition coefficient (Wildman–Crippen LogP) is 1.31. The van der Waals surface area contributed by atoms with Gasteiger partial charge in [-0.2, -0.15) is 0 Å². The quantitative estimate of drug-likeness (QED) is 0.623. The molecule has 0 aliphatic carbocycles. The minimum atomic E-state index is -0.175. The van der Waals surface area contributed by atoms with E-state index in [2.05, 4.69) is 37.1 Å². The zero-order valence-electron chi connectivity index (χ0n) is 7.54. The molecule has 0 bridgehead atoms. The van der Waals surface area contributed by atoms with E-state index in [-0.39, 0.29) is 5.54 Å². The Kier molecular flexibility index (Phi) is 1.42. The molecule has 2 heteroatoms. The second-order valence-electron chi connectivity index (χ2n) is 3.79. The molecule has 12 heavy (non-hydrogen) atoms. The van der Waals surface area contributed by atoms with Crippen molar-refractivity contribution in [3.05, 3.63) is 29.8 Å². The Morgan fingerprint density at radius 3 is 2.75 bits per heavy atom. The summed E-state index contributed by atoms with van der Waals surface area (Å²) in [5, 5.41) is 0. The van der Waals surface area contributed by atoms with Crippen molar-refractivity contribution in [2.45, 2.75) is 12.5 Å². The molecule has 0 saturated heterocycles. The maximum atomic E-state index is 6.14. The second kappa shape index (κ2) is 2.23. The number of likely N-dealkylation sites (N-methyl/N-ethyl adjacent to an activating group) is 1. The van der Waals surface area contributed by atoms with E-state index >= 15 is 0 Å². The van der Waals surface area contributed by atoms with Crippen molar-refractivity contribution in [3.8, 4) is 0 Å². The predicted molar refractivity (Wildman–Crippen MR) is 51.3 cm³/mol. The minimum absolute atomic E-state index is 0.175. The van der Waals surface area contributed by atoms with E-state index in [4.69, 9.17) is 5.73 Å². The van der Waals surface area contributed by atoms with Crippen molar-refractivity contribution >= 4 is 5.69 Å². The first-order chi connectivity index (χ1) is 5.61. The fraction of sp³-hybridized carbons (Fsp3) is 0.400. The molecular formula is C10H14N2. The number of anilines is 1. The number of hydrogen-bond acceptors (Lipinski definition) is 2. The largest absolute Gasteiger partial charge is 0.372 e. The lowest BCUT2D eigenvalue weighted by atomic mass is 9.96. The number of nitrogens with two attached hydrogens (primary N) is 1. The SMILES string of the molecule is CN1CC(C)(N)c2ccccc21. The molecule has 0 radical (unpaired) electrons. The molecule has 1 atom stereocenters. The van der Waals surface area contributed by atoms with E-state index in [9.17, 15) is 0 Å². The first-order valence-corrected chi connectivity index (χ1v) is 4.21. The summed E-state index contributed by atoms with van der Waals surface area (Å²) in [4.78, 5) is 2.20. The number of benzene rings is 1. The highest BCUT2D eigenvalue weighted by atomic mass is 15.2. The van der Waals surface area contributed by atoms with E-state index in [1.807, 2.05) is 6.07 Å². The zero-order valence-corrected chi connectivity index (χ0v) is 7.54. The molecule has 0 saturated carbocycles. The van der Waals surface area contributed by atoms with Gasteiger partial charge in [0.1, 0.15) is 0 Å². The summed E-state index contributed by atoms with van der Waals surface area (Å²) in [5.41, 5.74) is 8.49. The molecule has 1 heterocycles. The Bertz CT molecular complexity index is 304. The molecule has 0 spiro atoms. The van der Waals surface area contributed by atoms with Crippen LogP contribution in [0, 0.1) is 0 Å². The molecule has 1 aromatic carbocycles. The van der Waals surface area contributed by atoms with Gasteiger partial charge in [0, 0.05) is 19.3 Å². The van der Waals surface area contributed by atoms with Crippen molar-refractivity contribution in [3.63, 3.8) is 0 Å². The van der Waals surface area contributed by atoms with Gasteiger partial charge in [0.15, 0.2) is 0 Å². The molecule has 1 aromatic rings. The third kappa shape index (κ3) is 0.916. The Morgan fingerprint density at radius 1 is 1.42 bits per heavy atom. The number of hydrogen-bond donors (Lipinski definition) is 1. The molecule has 0 amide bonds. The number of rotatable bonds is 0. The highest BCUT2D eigenvalue weighted by molar-refractivity contribution is 5.61. The van der Waals surface area contributed by atoms with E-state index in [1.54, 1.807) is 0 Å². The molecular weight excluding hydrogens is 148 g/mol. The van der Waals surface area contributed by atoms with Crippen LogP contribution in [0.15, 0.2) is 24.3 Å². The summed E-state index contributed by atoms with van der Waals surface area (Å²) in [7, 11) is 2.08. The molecule has 2 N–H and O–H groups in total. The standard InChI is InChI=1S/C10H14N2/c1-10(11)7-12(2)9-6-4-3-5-8(9)10/h3-6H,7,11H2,1-2H3. The number of fused-ring (bicyclic) bond motifs is 1. The maximum absolute atomic E-state index is 6.14. The van der Waals surface area contributed by atoms with Gasteiger partial charge in [-0.15, -0.1) is 0 Å². The fourth-order valence-corrected chi connectivity index (χ4v) is 1.95. The zero-order chi connectivity index (χ0) is 8.77. The van der Waals surface area contributed by atoms with Crippen LogP contribution in [0.5, 0.6) is 0 Å². The van der Waals surface area contributed by atoms with E-state index in [1.165, 1.54) is 11.3 Å². The van der Waals surface area contributed by atoms with Gasteiger partial charge in [0.25, 0.3) is 0 Å². The molecule has 0 fully saturated rings. The molecule has 1 aliphatic heterocycles. The van der Waals surface area contributed by atoms with Crippen LogP contribution in [0.3, 0.4) is 0 Å². The van der Waals surface area contributed by atoms with E-state index in [0.29, 0.717) is 0 Å². The average molecular weight is 162 g/mol. The minimum Gasteiger partial charge on any atom is -0.372 e. The Balaban J connectivity index is 2.58. The lowest BCUT2D eigenvalue weighted by Gasteiger charge is -2.18. The van der Waals surface area contributed by atoms with Gasteiger partial charge in [0.2, 0.25) is 0 Å². The van der Waals surface area contributed by atoms with Gasteiger partial charge >= 0.3 is 0 Å². The fourth-order valence-electron chi connectivity index (χ4n) is 1.95. The first-order valence-electron chi connectivity index (χ1n) is 4.21. The molecule has 0 aromatic heterocycles. The molecule has 64 valence electrons. The second-order valence-corrected chi connectivity index (χ2v) is 3.79. The monoisotopic (exact) mass is 162 g/mol. The molecule has 2 nitrogen and oxygen atoms in total. The van der Waals surface area contributed by atoms with Crippen LogP contribution < -0.4 is 10.6 Å². The maximum Gasteiger partial charge on any atom is 0.0579 e. The summed E-state index contributed by atoms with van der Waals surface area (Å²) in [5.74, 6) is 0. The van der Waals surface area contributed by atoms with Gasteiger partial charge < -0.3 is 10.6 Å². The van der Waals surface area contributed by atoms with Crippen LogP contribution in [-0.4, -0.2) is 13.6 Å². The van der Waals surface area contributed by atoms with Crippen molar-refractivity contribution in [2.24, 2.45) is 5.73 Å². The number of para-hydroxylation sites is 1. The van der Waals surface area contributed by atoms with Gasteiger partial charge in [-0.1, -0.05) is 18.2 Å². The highest BCUT2D eigenvalue weighted by Crippen LogP contribution is 2.35. The van der Waals surface area contributed by atoms with Crippen molar-refractivity contribution in [1.82, 2.24) is 0 Å². The van der Waals surface area contributed by atoms with Gasteiger partial charge in [0.05, 0.1) is 5.54 Å². The van der Waals surface area contributed by atoms with Gasteiger partial charge in [-0.25, -0.2) is 0 Å². The van der Waals surface area contributed by atoms with Crippen molar-refractivity contribution in [1.29, 1.82) is 0 Å². The van der Waals surface area contributed by atoms with Crippen molar-refractivity contribution < 1.29 is 0 Å². The summed E-state index contributed by atoms with van der Waals surface area (Å²) >= 11 is 0. The normalized spacial score (nSPS) is 27.4. The van der Waals surface area contributed by atoms with Crippen LogP contribution in [0.4, 0.5) is 5.69 Å². The highest BCUT2D eigenvalue weighted by Gasteiger charge is 2.32. The van der Waals surface area contributed by atoms with Gasteiger partial charge in [-0.3, -0.25) is 0 Å². The molecule has 1 unspecified atom stereocenters. The summed E-state index contributed by atoms with van der Waals surface area (Å²) < 4.78 is 0. The van der Waals surface area contributed by atoms with E-state index in [0.717, 1.165) is 6.54 Å². The summed E-state index contributed by atoms with van der Waals surface area (Å²) in [6.07, 6.45) is 0. The van der Waals surface area contributed by atoms with Crippen LogP contribution in [0.2, 0.25) is 0 Å². The van der Waals surface area contributed by atoms with Crippen molar-refractivity contribution in [2.75, 3.05) is 18.5 Å². The van der Waals surface area contributed by atoms with Crippen LogP contribution in [0.25, 0.3) is 0 Å². The lowest BCUT2D eigenvalue weighted by molar-refractivity contribution is 0.531. The smallest absolute Gasteiger partial charge is 0.0579 e. The van der Waals surface area contributed by atoms with Crippen LogP contribution in [-0.2, 0) is 5.54 Å². The first kappa shape index (κ1) is 7.62. The van der Waals surface area contributed by atoms with E-state index < -0.39 is 0 Å². The third-order valence-electron chi connectivity index (χ3n) is 2.50. The third-order valence-corrected chi connectivity index (χ3v) is 2.50. The summed E-state index contributed by atoms with van der Waals surface area (Å²) in [6, 6.07) is 8.33. The molecule has 2 rings (SSSR count). The number of nitrogens with zero attached hydrogens (tertiary/aromatic N) is 1. The Morgan fingerprint density at radius 2 is 2.08 bits per heavy atom. The Hall–Kier alpha value is -1.02. The van der Waals surface area contributed by atoms with Crippen LogP contribution >= 0.6 is 0 Å². The summed E-state index contributed by atoms with van der Waals surface area (Å²) in [6.45, 7) is 2.99. The Labute approximate surface area is 73.0 Å². The van der Waals surface area contributed by atoms with Gasteiger partial charge in [-0.05, 0) is 18.6 Å². The molecule has 1 aliphatic rings.